The number of hydrogen-bond acceptors (Lipinski definition) is 6. The molecular formula is C25H26ClNO4S. The average molecular weight is 472 g/mol. The summed E-state index contributed by atoms with van der Waals surface area (Å²) in [5.41, 5.74) is 3.34. The van der Waals surface area contributed by atoms with Gasteiger partial charge in [0.05, 0.1) is 12.2 Å². The largest absolute Gasteiger partial charge is 0.460 e. The number of esters is 1. The lowest BCUT2D eigenvalue weighted by atomic mass is 9.72. The highest BCUT2D eigenvalue weighted by Crippen LogP contribution is 2.47. The van der Waals surface area contributed by atoms with Gasteiger partial charge < -0.3 is 14.8 Å². The number of nitrogens with one attached hydrogen (secondary N) is 1. The molecule has 0 amide bonds. The first-order valence-corrected chi connectivity index (χ1v) is 12.0. The summed E-state index contributed by atoms with van der Waals surface area (Å²) < 4.78 is 10.8. The second-order valence-electron chi connectivity index (χ2n) is 7.89. The maximum absolute atomic E-state index is 13.5. The van der Waals surface area contributed by atoms with Crippen molar-refractivity contribution < 1.29 is 19.1 Å². The molecule has 4 rings (SSSR count). The molecule has 2 atom stereocenters. The Kier molecular flexibility index (Phi) is 7.13. The molecule has 2 heterocycles. The van der Waals surface area contributed by atoms with Gasteiger partial charge in [-0.1, -0.05) is 35.9 Å². The van der Waals surface area contributed by atoms with Crippen LogP contribution in [0.2, 0.25) is 5.02 Å². The van der Waals surface area contributed by atoms with E-state index < -0.39 is 11.9 Å². The first-order chi connectivity index (χ1) is 15.5. The van der Waals surface area contributed by atoms with Crippen LogP contribution in [-0.4, -0.2) is 31.6 Å². The Morgan fingerprint density at radius 2 is 2.00 bits per heavy atom. The minimum absolute atomic E-state index is 0.0363. The SMILES string of the molecule is CCOCCOC(=O)C1=C(C)NC2=C(C(=O)C[C@@H](c3cccs3)C2)[C@@H]1c1ccccc1Cl. The van der Waals surface area contributed by atoms with Gasteiger partial charge in [0.15, 0.2) is 5.78 Å². The highest BCUT2D eigenvalue weighted by molar-refractivity contribution is 7.10. The van der Waals surface area contributed by atoms with Crippen LogP contribution >= 0.6 is 22.9 Å². The molecule has 0 radical (unpaired) electrons. The highest BCUT2D eigenvalue weighted by Gasteiger charge is 2.42. The summed E-state index contributed by atoms with van der Waals surface area (Å²) in [6.07, 6.45) is 1.13. The van der Waals surface area contributed by atoms with Gasteiger partial charge in [-0.3, -0.25) is 4.79 Å². The van der Waals surface area contributed by atoms with Crippen molar-refractivity contribution in [3.63, 3.8) is 0 Å². The molecule has 1 aliphatic carbocycles. The number of allylic oxidation sites excluding steroid dienone is 3. The summed E-state index contributed by atoms with van der Waals surface area (Å²) >= 11 is 8.23. The topological polar surface area (TPSA) is 64.6 Å². The van der Waals surface area contributed by atoms with Gasteiger partial charge in [0.25, 0.3) is 0 Å². The van der Waals surface area contributed by atoms with Crippen molar-refractivity contribution in [1.82, 2.24) is 5.32 Å². The van der Waals surface area contributed by atoms with E-state index in [-0.39, 0.29) is 18.3 Å². The van der Waals surface area contributed by atoms with Gasteiger partial charge >= 0.3 is 5.97 Å². The molecule has 0 saturated heterocycles. The lowest BCUT2D eigenvalue weighted by Gasteiger charge is -2.36. The Hall–Kier alpha value is -2.41. The van der Waals surface area contributed by atoms with Crippen LogP contribution < -0.4 is 5.32 Å². The predicted molar refractivity (Wildman–Crippen MR) is 126 cm³/mol. The minimum Gasteiger partial charge on any atom is -0.460 e. The molecule has 1 aliphatic heterocycles. The van der Waals surface area contributed by atoms with E-state index in [1.165, 1.54) is 4.88 Å². The summed E-state index contributed by atoms with van der Waals surface area (Å²) in [7, 11) is 0. The van der Waals surface area contributed by atoms with Crippen LogP contribution in [0.1, 0.15) is 49.0 Å². The first kappa shape index (κ1) is 22.8. The molecule has 32 heavy (non-hydrogen) atoms. The number of ketones is 1. The number of hydrogen-bond donors (Lipinski definition) is 1. The van der Waals surface area contributed by atoms with Crippen LogP contribution in [0, 0.1) is 0 Å². The van der Waals surface area contributed by atoms with Crippen molar-refractivity contribution in [3.8, 4) is 0 Å². The fourth-order valence-electron chi connectivity index (χ4n) is 4.47. The number of carbonyl (C=O) groups is 2. The summed E-state index contributed by atoms with van der Waals surface area (Å²) in [6.45, 7) is 4.78. The lowest BCUT2D eigenvalue weighted by Crippen LogP contribution is -2.36. The number of halogens is 1. The molecule has 5 nitrogen and oxygen atoms in total. The van der Waals surface area contributed by atoms with Gasteiger partial charge in [-0.25, -0.2) is 4.79 Å². The normalized spacial score (nSPS) is 20.8. The molecule has 0 unspecified atom stereocenters. The fraction of sp³-hybridized carbons (Fsp3) is 0.360. The minimum atomic E-state index is -0.559. The monoisotopic (exact) mass is 471 g/mol. The Labute approximate surface area is 197 Å². The molecule has 7 heteroatoms. The smallest absolute Gasteiger partial charge is 0.336 e. The van der Waals surface area contributed by atoms with Gasteiger partial charge in [0.1, 0.15) is 6.61 Å². The quantitative estimate of drug-likeness (QED) is 0.436. The van der Waals surface area contributed by atoms with E-state index in [1.54, 1.807) is 17.4 Å². The number of Topliss-reactive ketones (excluding diaryl/α,β-unsaturated/α-hetero) is 1. The van der Waals surface area contributed by atoms with E-state index in [1.807, 2.05) is 43.5 Å². The Morgan fingerprint density at radius 3 is 2.72 bits per heavy atom. The molecule has 2 aromatic rings. The van der Waals surface area contributed by atoms with Crippen LogP contribution in [0.15, 0.2) is 64.3 Å². The van der Waals surface area contributed by atoms with Crippen LogP contribution in [0.5, 0.6) is 0 Å². The summed E-state index contributed by atoms with van der Waals surface area (Å²) in [4.78, 5) is 27.8. The van der Waals surface area contributed by atoms with Crippen molar-refractivity contribution in [1.29, 1.82) is 0 Å². The molecule has 2 aliphatic rings. The Morgan fingerprint density at radius 1 is 1.19 bits per heavy atom. The predicted octanol–water partition coefficient (Wildman–Crippen LogP) is 5.34. The third-order valence-corrected chi connectivity index (χ3v) is 7.25. The second kappa shape index (κ2) is 10.0. The van der Waals surface area contributed by atoms with Gasteiger partial charge in [-0.15, -0.1) is 11.3 Å². The number of benzene rings is 1. The molecule has 168 valence electrons. The van der Waals surface area contributed by atoms with Crippen molar-refractivity contribution in [2.75, 3.05) is 19.8 Å². The average Bonchev–Trinajstić information content (AvgIpc) is 3.31. The fourth-order valence-corrected chi connectivity index (χ4v) is 5.55. The number of rotatable bonds is 7. The van der Waals surface area contributed by atoms with Crippen LogP contribution in [0.4, 0.5) is 0 Å². The van der Waals surface area contributed by atoms with Crippen LogP contribution in [-0.2, 0) is 19.1 Å². The number of ether oxygens (including phenoxy) is 2. The van der Waals surface area contributed by atoms with Crippen molar-refractivity contribution in [2.24, 2.45) is 0 Å². The summed E-state index contributed by atoms with van der Waals surface area (Å²) in [5.74, 6) is -0.849. The van der Waals surface area contributed by atoms with Crippen molar-refractivity contribution >= 4 is 34.7 Å². The van der Waals surface area contributed by atoms with E-state index in [0.717, 1.165) is 11.3 Å². The molecule has 0 bridgehead atoms. The summed E-state index contributed by atoms with van der Waals surface area (Å²) in [5, 5.41) is 5.91. The Balaban J connectivity index is 1.73. The molecule has 0 spiro atoms. The summed E-state index contributed by atoms with van der Waals surface area (Å²) in [6, 6.07) is 11.5. The third-order valence-electron chi connectivity index (χ3n) is 5.87. The first-order valence-electron chi connectivity index (χ1n) is 10.8. The molecule has 1 N–H and O–H groups in total. The van der Waals surface area contributed by atoms with Gasteiger partial charge in [0.2, 0.25) is 0 Å². The molecule has 0 fully saturated rings. The van der Waals surface area contributed by atoms with Crippen molar-refractivity contribution in [2.45, 2.75) is 38.5 Å². The second-order valence-corrected chi connectivity index (χ2v) is 9.27. The van der Waals surface area contributed by atoms with E-state index in [0.29, 0.717) is 47.9 Å². The molecule has 1 aromatic carbocycles. The van der Waals surface area contributed by atoms with E-state index in [4.69, 9.17) is 21.1 Å². The number of carbonyl (C=O) groups excluding carboxylic acids is 2. The number of thiophene rings is 1. The van der Waals surface area contributed by atoms with Gasteiger partial charge in [-0.05, 0) is 43.3 Å². The molecule has 0 saturated carbocycles. The van der Waals surface area contributed by atoms with Crippen molar-refractivity contribution in [3.05, 3.63) is 79.8 Å². The van der Waals surface area contributed by atoms with E-state index in [2.05, 4.69) is 11.4 Å². The van der Waals surface area contributed by atoms with Gasteiger partial charge in [0, 0.05) is 51.7 Å². The molecular weight excluding hydrogens is 446 g/mol. The van der Waals surface area contributed by atoms with Gasteiger partial charge in [-0.2, -0.15) is 0 Å². The van der Waals surface area contributed by atoms with E-state index in [9.17, 15) is 9.59 Å². The van der Waals surface area contributed by atoms with E-state index >= 15 is 0 Å². The van der Waals surface area contributed by atoms with Crippen LogP contribution in [0.3, 0.4) is 0 Å². The zero-order valence-corrected chi connectivity index (χ0v) is 19.7. The zero-order valence-electron chi connectivity index (χ0n) is 18.2. The Bertz CT molecular complexity index is 1070. The zero-order chi connectivity index (χ0) is 22.7. The highest BCUT2D eigenvalue weighted by atomic mass is 35.5. The maximum Gasteiger partial charge on any atom is 0.336 e. The number of dihydropyridines is 1. The maximum atomic E-state index is 13.5. The third kappa shape index (κ3) is 4.53. The lowest BCUT2D eigenvalue weighted by molar-refractivity contribution is -0.140. The molecule has 1 aromatic heterocycles. The van der Waals surface area contributed by atoms with Crippen LogP contribution in [0.25, 0.3) is 0 Å². The standard InChI is InChI=1S/C25H26ClNO4S/c1-3-30-10-11-31-25(29)22-15(2)27-19-13-16(21-9-6-12-32-21)14-20(28)24(19)23(22)17-7-4-5-8-18(17)26/h4-9,12,16,23,27H,3,10-11,13-14H2,1-2H3/t16-,23+/m0/s1.